The molecule has 2 saturated carbocycles. The highest BCUT2D eigenvalue weighted by Gasteiger charge is 2.33. The molecule has 5 heteroatoms. The maximum absolute atomic E-state index is 12.6. The Hall–Kier alpha value is -1.88. The van der Waals surface area contributed by atoms with Crippen molar-refractivity contribution in [2.75, 3.05) is 0 Å². The third-order valence-electron chi connectivity index (χ3n) is 5.76. The summed E-state index contributed by atoms with van der Waals surface area (Å²) in [6.07, 6.45) is 10.2. The van der Waals surface area contributed by atoms with Gasteiger partial charge in [-0.05, 0) is 50.8 Å². The summed E-state index contributed by atoms with van der Waals surface area (Å²) < 4.78 is 0. The van der Waals surface area contributed by atoms with Gasteiger partial charge in [0.05, 0.1) is 11.0 Å². The van der Waals surface area contributed by atoms with Crippen molar-refractivity contribution in [3.05, 3.63) is 29.6 Å². The van der Waals surface area contributed by atoms with E-state index in [0.717, 1.165) is 23.3 Å². The van der Waals surface area contributed by atoms with E-state index in [-0.39, 0.29) is 11.9 Å². The summed E-state index contributed by atoms with van der Waals surface area (Å²) in [7, 11) is 0. The first-order chi connectivity index (χ1) is 12.2. The number of amides is 1. The van der Waals surface area contributed by atoms with Crippen molar-refractivity contribution in [1.82, 2.24) is 20.6 Å². The number of carbonyl (C=O) groups is 1. The molecule has 1 amide bonds. The minimum atomic E-state index is 0.0199. The van der Waals surface area contributed by atoms with Gasteiger partial charge in [-0.25, -0.2) is 4.98 Å². The number of nitrogens with zero attached hydrogens (tertiary/aromatic N) is 1. The van der Waals surface area contributed by atoms with E-state index >= 15 is 0 Å². The molecule has 0 radical (unpaired) electrons. The number of aromatic amines is 1. The highest BCUT2D eigenvalue weighted by Crippen LogP contribution is 2.25. The summed E-state index contributed by atoms with van der Waals surface area (Å²) in [5.74, 6) is 0.894. The van der Waals surface area contributed by atoms with Crippen LogP contribution in [0.5, 0.6) is 0 Å². The van der Waals surface area contributed by atoms with Crippen LogP contribution in [0, 0.1) is 6.92 Å². The maximum atomic E-state index is 12.6. The predicted octanol–water partition coefficient (Wildman–Crippen LogP) is 3.44. The van der Waals surface area contributed by atoms with Crippen molar-refractivity contribution in [2.24, 2.45) is 0 Å². The number of imidazole rings is 1. The zero-order valence-corrected chi connectivity index (χ0v) is 15.0. The number of aryl methyl sites for hydroxylation is 1. The van der Waals surface area contributed by atoms with Gasteiger partial charge in [0.1, 0.15) is 5.82 Å². The summed E-state index contributed by atoms with van der Waals surface area (Å²) in [5.41, 5.74) is 2.54. The quantitative estimate of drug-likeness (QED) is 0.747. The van der Waals surface area contributed by atoms with Crippen LogP contribution < -0.4 is 10.6 Å². The average molecular weight is 340 g/mol. The number of hydrogen-bond acceptors (Lipinski definition) is 3. The molecule has 0 aliphatic heterocycles. The van der Waals surface area contributed by atoms with Gasteiger partial charge in [-0.15, -0.1) is 0 Å². The molecular weight excluding hydrogens is 312 g/mol. The molecule has 25 heavy (non-hydrogen) atoms. The van der Waals surface area contributed by atoms with E-state index in [1.165, 1.54) is 44.9 Å². The van der Waals surface area contributed by atoms with Crippen LogP contribution in [0.15, 0.2) is 18.2 Å². The van der Waals surface area contributed by atoms with Gasteiger partial charge in [-0.3, -0.25) is 4.79 Å². The molecule has 4 rings (SSSR count). The number of benzene rings is 1. The van der Waals surface area contributed by atoms with Gasteiger partial charge in [0.2, 0.25) is 0 Å². The van der Waals surface area contributed by atoms with E-state index in [4.69, 9.17) is 0 Å². The second kappa shape index (κ2) is 7.16. The fourth-order valence-electron chi connectivity index (χ4n) is 4.15. The lowest BCUT2D eigenvalue weighted by Gasteiger charge is -2.40. The Morgan fingerprint density at radius 3 is 2.56 bits per heavy atom. The molecule has 1 aromatic carbocycles. The number of H-pyrrole nitrogens is 1. The molecular formula is C20H28N4O. The normalized spacial score (nSPS) is 24.7. The van der Waals surface area contributed by atoms with Gasteiger partial charge in [0, 0.05) is 23.7 Å². The van der Waals surface area contributed by atoms with E-state index in [1.54, 1.807) is 0 Å². The highest BCUT2D eigenvalue weighted by atomic mass is 16.1. The molecule has 134 valence electrons. The smallest absolute Gasteiger partial charge is 0.251 e. The molecule has 2 aromatic rings. The third kappa shape index (κ3) is 3.71. The minimum absolute atomic E-state index is 0.0199. The Morgan fingerprint density at radius 1 is 1.08 bits per heavy atom. The van der Waals surface area contributed by atoms with Crippen molar-refractivity contribution in [3.8, 4) is 0 Å². The van der Waals surface area contributed by atoms with E-state index < -0.39 is 0 Å². The van der Waals surface area contributed by atoms with Crippen molar-refractivity contribution in [3.63, 3.8) is 0 Å². The van der Waals surface area contributed by atoms with Crippen LogP contribution in [0.1, 0.15) is 67.5 Å². The van der Waals surface area contributed by atoms with Gasteiger partial charge < -0.3 is 15.6 Å². The molecule has 2 aliphatic carbocycles. The van der Waals surface area contributed by atoms with Crippen molar-refractivity contribution in [2.45, 2.75) is 76.4 Å². The molecule has 2 atom stereocenters. The van der Waals surface area contributed by atoms with Crippen LogP contribution in [-0.4, -0.2) is 34.0 Å². The summed E-state index contributed by atoms with van der Waals surface area (Å²) in [6, 6.07) is 7.01. The van der Waals surface area contributed by atoms with Gasteiger partial charge in [0.25, 0.3) is 5.91 Å². The monoisotopic (exact) mass is 340 g/mol. The van der Waals surface area contributed by atoms with Crippen molar-refractivity contribution >= 4 is 16.9 Å². The molecule has 1 aromatic heterocycles. The van der Waals surface area contributed by atoms with E-state index in [0.29, 0.717) is 17.6 Å². The largest absolute Gasteiger partial charge is 0.348 e. The average Bonchev–Trinajstić information content (AvgIpc) is 2.79. The van der Waals surface area contributed by atoms with E-state index in [9.17, 15) is 4.79 Å². The molecule has 1 heterocycles. The summed E-state index contributed by atoms with van der Waals surface area (Å²) in [5, 5.41) is 7.03. The molecule has 0 unspecified atom stereocenters. The zero-order chi connectivity index (χ0) is 17.2. The second-order valence-electron chi connectivity index (χ2n) is 7.67. The first kappa shape index (κ1) is 16.6. The Labute approximate surface area is 149 Å². The Balaban J connectivity index is 1.36. The number of fused-ring (bicyclic) bond motifs is 1. The SMILES string of the molecule is Cc1nc2ccc(C(=O)N[C@H]3CC[C@H]3NC3CCCCCC3)cc2[nH]1. The van der Waals surface area contributed by atoms with Crippen LogP contribution in [0.4, 0.5) is 0 Å². The number of carbonyl (C=O) groups excluding carboxylic acids is 1. The molecule has 0 saturated heterocycles. The Morgan fingerprint density at radius 2 is 1.84 bits per heavy atom. The zero-order valence-electron chi connectivity index (χ0n) is 15.0. The van der Waals surface area contributed by atoms with Crippen molar-refractivity contribution < 1.29 is 4.79 Å². The lowest BCUT2D eigenvalue weighted by Crippen LogP contribution is -2.58. The number of nitrogens with one attached hydrogen (secondary N) is 3. The Bertz CT molecular complexity index is 745. The van der Waals surface area contributed by atoms with Crippen LogP contribution in [-0.2, 0) is 0 Å². The Kier molecular flexibility index (Phi) is 4.75. The molecule has 2 aliphatic rings. The number of rotatable bonds is 4. The topological polar surface area (TPSA) is 69.8 Å². The lowest BCUT2D eigenvalue weighted by molar-refractivity contribution is 0.0888. The van der Waals surface area contributed by atoms with E-state index in [1.807, 2.05) is 25.1 Å². The minimum Gasteiger partial charge on any atom is -0.348 e. The second-order valence-corrected chi connectivity index (χ2v) is 7.67. The van der Waals surface area contributed by atoms with Gasteiger partial charge in [-0.2, -0.15) is 0 Å². The standard InChI is InChI=1S/C20H28N4O/c1-13-21-18-9-8-14(12-19(18)22-13)20(25)24-17-11-10-16(17)23-15-6-4-2-3-5-7-15/h8-9,12,15-17,23H,2-7,10-11H2,1H3,(H,21,22)(H,24,25)/t16-,17+/m1/s1. The summed E-state index contributed by atoms with van der Waals surface area (Å²) >= 11 is 0. The molecule has 3 N–H and O–H groups in total. The highest BCUT2D eigenvalue weighted by molar-refractivity contribution is 5.97. The van der Waals surface area contributed by atoms with Crippen LogP contribution >= 0.6 is 0 Å². The summed E-state index contributed by atoms with van der Waals surface area (Å²) in [4.78, 5) is 20.2. The third-order valence-corrected chi connectivity index (χ3v) is 5.76. The van der Waals surface area contributed by atoms with E-state index in [2.05, 4.69) is 20.6 Å². The molecule has 5 nitrogen and oxygen atoms in total. The lowest BCUT2D eigenvalue weighted by atomic mass is 9.85. The van der Waals surface area contributed by atoms with Gasteiger partial charge >= 0.3 is 0 Å². The predicted molar refractivity (Wildman–Crippen MR) is 99.7 cm³/mol. The fraction of sp³-hybridized carbons (Fsp3) is 0.600. The van der Waals surface area contributed by atoms with Crippen LogP contribution in [0.25, 0.3) is 11.0 Å². The van der Waals surface area contributed by atoms with Crippen LogP contribution in [0.3, 0.4) is 0 Å². The van der Waals surface area contributed by atoms with Crippen LogP contribution in [0.2, 0.25) is 0 Å². The maximum Gasteiger partial charge on any atom is 0.251 e. The number of hydrogen-bond donors (Lipinski definition) is 3. The molecule has 0 spiro atoms. The van der Waals surface area contributed by atoms with Gasteiger partial charge in [-0.1, -0.05) is 25.7 Å². The summed E-state index contributed by atoms with van der Waals surface area (Å²) in [6.45, 7) is 1.93. The van der Waals surface area contributed by atoms with Gasteiger partial charge in [0.15, 0.2) is 0 Å². The molecule has 2 fully saturated rings. The fourth-order valence-corrected chi connectivity index (χ4v) is 4.15. The first-order valence-electron chi connectivity index (χ1n) is 9.72. The number of aromatic nitrogens is 2. The van der Waals surface area contributed by atoms with Crippen molar-refractivity contribution in [1.29, 1.82) is 0 Å². The first-order valence-corrected chi connectivity index (χ1v) is 9.72. The molecule has 0 bridgehead atoms.